The Hall–Kier alpha value is -2.94. The van der Waals surface area contributed by atoms with Gasteiger partial charge >= 0.3 is 5.97 Å². The highest BCUT2D eigenvalue weighted by Crippen LogP contribution is 2.19. The molecule has 1 fully saturated rings. The number of carboxylic acid groups (broad SMARTS) is 1. The summed E-state index contributed by atoms with van der Waals surface area (Å²) in [5, 5.41) is 23.0. The second-order valence-corrected chi connectivity index (χ2v) is 8.34. The minimum Gasteiger partial charge on any atom is -0.508 e. The molecule has 2 rings (SSSR count). The molecule has 0 spiro atoms. The number of carbonyl (C=O) groups excluding carboxylic acids is 3. The zero-order chi connectivity index (χ0) is 23.1. The van der Waals surface area contributed by atoms with Gasteiger partial charge in [0.05, 0.1) is 0 Å². The first kappa shape index (κ1) is 24.3. The molecule has 1 aromatic rings. The first-order chi connectivity index (χ1) is 14.6. The van der Waals surface area contributed by atoms with Gasteiger partial charge in [-0.15, -0.1) is 0 Å². The van der Waals surface area contributed by atoms with Crippen LogP contribution in [0.5, 0.6) is 5.75 Å². The molecule has 170 valence electrons. The largest absolute Gasteiger partial charge is 0.508 e. The molecular weight excluding hydrogens is 402 g/mol. The van der Waals surface area contributed by atoms with Crippen molar-refractivity contribution in [1.29, 1.82) is 0 Å². The van der Waals surface area contributed by atoms with Gasteiger partial charge in [-0.3, -0.25) is 19.4 Å². The third-order valence-electron chi connectivity index (χ3n) is 5.36. The monoisotopic (exact) mass is 433 g/mol. The number of aliphatic carboxylic acids is 1. The van der Waals surface area contributed by atoms with Gasteiger partial charge in [-0.2, -0.15) is 0 Å². The van der Waals surface area contributed by atoms with E-state index in [9.17, 15) is 29.4 Å². The molecule has 9 nitrogen and oxygen atoms in total. The van der Waals surface area contributed by atoms with Gasteiger partial charge in [0.25, 0.3) is 5.91 Å². The molecule has 1 saturated heterocycles. The van der Waals surface area contributed by atoms with Crippen molar-refractivity contribution < 1.29 is 29.4 Å². The van der Waals surface area contributed by atoms with Gasteiger partial charge in [-0.1, -0.05) is 26.0 Å². The van der Waals surface area contributed by atoms with Gasteiger partial charge in [0.2, 0.25) is 5.91 Å². The number of hydrazine groups is 1. The lowest BCUT2D eigenvalue weighted by Crippen LogP contribution is -2.60. The van der Waals surface area contributed by atoms with E-state index in [1.165, 1.54) is 24.1 Å². The predicted octanol–water partition coefficient (Wildman–Crippen LogP) is 1.25. The summed E-state index contributed by atoms with van der Waals surface area (Å²) in [6.07, 6.45) is 1.09. The van der Waals surface area contributed by atoms with Crippen molar-refractivity contribution in [2.45, 2.75) is 58.5 Å². The third-order valence-corrected chi connectivity index (χ3v) is 5.36. The van der Waals surface area contributed by atoms with Crippen LogP contribution >= 0.6 is 0 Å². The summed E-state index contributed by atoms with van der Waals surface area (Å²) < 4.78 is 0. The molecule has 0 bridgehead atoms. The van der Waals surface area contributed by atoms with Gasteiger partial charge in [0, 0.05) is 25.3 Å². The number of carbonyl (C=O) groups is 4. The zero-order valence-electron chi connectivity index (χ0n) is 18.1. The number of phenols is 1. The van der Waals surface area contributed by atoms with E-state index in [-0.39, 0.29) is 30.3 Å². The fraction of sp³-hybridized carbons (Fsp3) is 0.545. The summed E-state index contributed by atoms with van der Waals surface area (Å²) in [5.74, 6) is -2.70. The molecule has 0 radical (unpaired) electrons. The summed E-state index contributed by atoms with van der Waals surface area (Å²) in [6.45, 7) is 5.41. The molecule has 0 aliphatic carbocycles. The number of rotatable bonds is 9. The maximum atomic E-state index is 13.2. The van der Waals surface area contributed by atoms with Crippen LogP contribution in [0.1, 0.15) is 45.6 Å². The quantitative estimate of drug-likeness (QED) is 0.460. The standard InChI is InChI=1S/C22H31N3O6/c1-13(2)17(10-14(3)26)20(28)23-19(12-15-6-4-7-16(27)11-15)21(29)25-9-5-8-18(24-25)22(30)31/h4,6-7,11,13,17-19,24,27H,5,8-10,12H2,1-3H3,(H,23,28)(H,30,31)/t17-,18-,19-/m0/s1. The van der Waals surface area contributed by atoms with Crippen LogP contribution in [0, 0.1) is 11.8 Å². The van der Waals surface area contributed by atoms with Crippen LogP contribution in [0.3, 0.4) is 0 Å². The second kappa shape index (κ2) is 10.9. The van der Waals surface area contributed by atoms with Crippen LogP contribution < -0.4 is 10.7 Å². The molecule has 0 aromatic heterocycles. The molecule has 31 heavy (non-hydrogen) atoms. The van der Waals surface area contributed by atoms with Crippen LogP contribution in [0.15, 0.2) is 24.3 Å². The fourth-order valence-electron chi connectivity index (χ4n) is 3.65. The van der Waals surface area contributed by atoms with E-state index in [0.29, 0.717) is 24.9 Å². The Morgan fingerprint density at radius 3 is 2.55 bits per heavy atom. The second-order valence-electron chi connectivity index (χ2n) is 8.34. The molecule has 0 unspecified atom stereocenters. The highest BCUT2D eigenvalue weighted by Gasteiger charge is 2.34. The Labute approximate surface area is 181 Å². The number of carboxylic acids is 1. The van der Waals surface area contributed by atoms with Crippen molar-refractivity contribution in [2.75, 3.05) is 6.54 Å². The lowest BCUT2D eigenvalue weighted by Gasteiger charge is -2.35. The first-order valence-electron chi connectivity index (χ1n) is 10.5. The zero-order valence-corrected chi connectivity index (χ0v) is 18.1. The first-order valence-corrected chi connectivity index (χ1v) is 10.5. The normalized spacial score (nSPS) is 18.3. The van der Waals surface area contributed by atoms with E-state index in [2.05, 4.69) is 10.7 Å². The Kier molecular flexibility index (Phi) is 8.56. The summed E-state index contributed by atoms with van der Waals surface area (Å²) in [6, 6.07) is 4.51. The lowest BCUT2D eigenvalue weighted by atomic mass is 9.89. The fourth-order valence-corrected chi connectivity index (χ4v) is 3.65. The van der Waals surface area contributed by atoms with Gasteiger partial charge in [0.1, 0.15) is 23.6 Å². The van der Waals surface area contributed by atoms with Crippen LogP contribution in [-0.4, -0.2) is 57.4 Å². The van der Waals surface area contributed by atoms with Gasteiger partial charge in [-0.25, -0.2) is 5.43 Å². The van der Waals surface area contributed by atoms with E-state index < -0.39 is 35.8 Å². The highest BCUT2D eigenvalue weighted by atomic mass is 16.4. The SMILES string of the molecule is CC(=O)C[C@H](C(=O)N[C@@H](Cc1cccc(O)c1)C(=O)N1CCC[C@@H](C(=O)O)N1)C(C)C. The van der Waals surface area contributed by atoms with Crippen molar-refractivity contribution in [3.63, 3.8) is 0 Å². The number of benzene rings is 1. The number of hydrogen-bond acceptors (Lipinski definition) is 6. The van der Waals surface area contributed by atoms with Crippen molar-refractivity contribution in [3.8, 4) is 5.75 Å². The number of phenolic OH excluding ortho intramolecular Hbond substituents is 1. The average Bonchev–Trinajstić information content (AvgIpc) is 2.70. The molecule has 1 aromatic carbocycles. The number of ketones is 1. The average molecular weight is 434 g/mol. The number of amides is 2. The maximum absolute atomic E-state index is 13.2. The van der Waals surface area contributed by atoms with E-state index in [0.717, 1.165) is 0 Å². The number of Topliss-reactive ketones (excluding diaryl/α,β-unsaturated/α-hetero) is 1. The van der Waals surface area contributed by atoms with Crippen molar-refractivity contribution in [2.24, 2.45) is 11.8 Å². The summed E-state index contributed by atoms with van der Waals surface area (Å²) >= 11 is 0. The summed E-state index contributed by atoms with van der Waals surface area (Å²) in [7, 11) is 0. The summed E-state index contributed by atoms with van der Waals surface area (Å²) in [4.78, 5) is 49.1. The van der Waals surface area contributed by atoms with E-state index >= 15 is 0 Å². The Morgan fingerprint density at radius 2 is 1.97 bits per heavy atom. The Balaban J connectivity index is 2.24. The van der Waals surface area contributed by atoms with Crippen LogP contribution in [-0.2, 0) is 25.6 Å². The van der Waals surface area contributed by atoms with Crippen LogP contribution in [0.25, 0.3) is 0 Å². The molecular formula is C22H31N3O6. The maximum Gasteiger partial charge on any atom is 0.322 e. The minimum absolute atomic E-state index is 0.0358. The Morgan fingerprint density at radius 1 is 1.26 bits per heavy atom. The van der Waals surface area contributed by atoms with Crippen molar-refractivity contribution in [1.82, 2.24) is 15.8 Å². The Bertz CT molecular complexity index is 825. The minimum atomic E-state index is -1.05. The third kappa shape index (κ3) is 7.06. The highest BCUT2D eigenvalue weighted by molar-refractivity contribution is 5.91. The number of nitrogens with zero attached hydrogens (tertiary/aromatic N) is 1. The number of aromatic hydroxyl groups is 1. The van der Waals surface area contributed by atoms with Gasteiger partial charge in [0.15, 0.2) is 0 Å². The number of hydrogen-bond donors (Lipinski definition) is 4. The molecule has 0 saturated carbocycles. The molecule has 1 aliphatic rings. The van der Waals surface area contributed by atoms with Crippen molar-refractivity contribution >= 4 is 23.6 Å². The summed E-state index contributed by atoms with van der Waals surface area (Å²) in [5.41, 5.74) is 3.35. The predicted molar refractivity (Wildman–Crippen MR) is 113 cm³/mol. The van der Waals surface area contributed by atoms with E-state index in [1.807, 2.05) is 13.8 Å². The van der Waals surface area contributed by atoms with Crippen LogP contribution in [0.4, 0.5) is 0 Å². The molecule has 4 N–H and O–H groups in total. The van der Waals surface area contributed by atoms with Gasteiger partial charge < -0.3 is 20.3 Å². The number of nitrogens with one attached hydrogen (secondary N) is 2. The topological polar surface area (TPSA) is 136 Å². The lowest BCUT2D eigenvalue weighted by molar-refractivity contribution is -0.149. The molecule has 1 heterocycles. The smallest absolute Gasteiger partial charge is 0.322 e. The van der Waals surface area contributed by atoms with Crippen LogP contribution in [0.2, 0.25) is 0 Å². The molecule has 9 heteroatoms. The molecule has 2 amide bonds. The van der Waals surface area contributed by atoms with E-state index in [1.54, 1.807) is 12.1 Å². The van der Waals surface area contributed by atoms with Crippen molar-refractivity contribution in [3.05, 3.63) is 29.8 Å². The van der Waals surface area contributed by atoms with Gasteiger partial charge in [-0.05, 0) is 43.4 Å². The molecule has 1 aliphatic heterocycles. The van der Waals surface area contributed by atoms with E-state index in [4.69, 9.17) is 0 Å². The molecule has 3 atom stereocenters.